The maximum atomic E-state index is 9.69. The van der Waals surface area contributed by atoms with Gasteiger partial charge in [0.15, 0.2) is 0 Å². The topological polar surface area (TPSA) is 16.4 Å². The summed E-state index contributed by atoms with van der Waals surface area (Å²) >= 11 is 0. The lowest BCUT2D eigenvalue weighted by Crippen LogP contribution is -2.09. The average Bonchev–Trinajstić information content (AvgIpc) is 3.72. The van der Waals surface area contributed by atoms with Crippen LogP contribution in [-0.2, 0) is 0 Å². The van der Waals surface area contributed by atoms with Gasteiger partial charge in [0.05, 0.1) is 24.7 Å². The van der Waals surface area contributed by atoms with Crippen LogP contribution in [0.15, 0.2) is 192 Å². The number of anilines is 3. The highest BCUT2D eigenvalue weighted by molar-refractivity contribution is 6.22. The SMILES string of the molecule is [2H]c1c([2H])c(N(c2c([2H])c([2H])c3c([2H])c([2H])c([2H])c([2H])c3c2[2H])c2c([2H])c([2H])c3c([2H])c([2H])c([2H])c([2H])c3c2[2H])c([2H])c([2H])c1-c1cccc2oc3c4ccccc4c(-c4ccccc4)cc3c12. The Morgan fingerprint density at radius 3 is 1.72 bits per heavy atom. The summed E-state index contributed by atoms with van der Waals surface area (Å²) in [5, 5.41) is 0.482. The van der Waals surface area contributed by atoms with Crippen molar-refractivity contribution in [2.24, 2.45) is 0 Å². The van der Waals surface area contributed by atoms with Crippen LogP contribution >= 0.6 is 0 Å². The molecule has 1 aromatic heterocycles. The van der Waals surface area contributed by atoms with Crippen LogP contribution in [0.4, 0.5) is 17.1 Å². The van der Waals surface area contributed by atoms with Gasteiger partial charge in [0.2, 0.25) is 0 Å². The monoisotopic (exact) mass is 655 g/mol. The molecule has 0 aliphatic carbocycles. The van der Waals surface area contributed by atoms with E-state index in [0.29, 0.717) is 26.8 Å². The molecular formula is C48H31NO. The first-order chi connectivity index (χ1) is 32.3. The van der Waals surface area contributed by atoms with Crippen molar-refractivity contribution in [3.05, 3.63) is 188 Å². The van der Waals surface area contributed by atoms with Gasteiger partial charge in [-0.3, -0.25) is 0 Å². The van der Waals surface area contributed by atoms with Crippen LogP contribution in [0.1, 0.15) is 24.7 Å². The number of benzene rings is 9. The molecular weight excluding hydrogens is 607 g/mol. The molecule has 0 saturated heterocycles. The van der Waals surface area contributed by atoms with Crippen molar-refractivity contribution in [3.63, 3.8) is 0 Å². The first-order valence-electron chi connectivity index (χ1n) is 24.6. The number of furan rings is 1. The Labute approximate surface area is 315 Å². The minimum absolute atomic E-state index is 0.219. The normalized spacial score (nSPS) is 16.6. The number of hydrogen-bond donors (Lipinski definition) is 0. The van der Waals surface area contributed by atoms with Crippen LogP contribution in [0, 0.1) is 0 Å². The van der Waals surface area contributed by atoms with E-state index in [-0.39, 0.29) is 11.1 Å². The molecule has 0 saturated carbocycles. The van der Waals surface area contributed by atoms with E-state index in [4.69, 9.17) is 18.1 Å². The second-order valence-corrected chi connectivity index (χ2v) is 11.5. The maximum Gasteiger partial charge on any atom is 0.143 e. The van der Waals surface area contributed by atoms with Crippen LogP contribution < -0.4 is 4.90 Å². The van der Waals surface area contributed by atoms with Crippen LogP contribution in [0.3, 0.4) is 0 Å². The molecule has 0 aliphatic rings. The average molecular weight is 656 g/mol. The minimum Gasteiger partial charge on any atom is -0.455 e. The van der Waals surface area contributed by atoms with E-state index in [0.717, 1.165) is 21.9 Å². The highest BCUT2D eigenvalue weighted by Crippen LogP contribution is 2.44. The molecule has 50 heavy (non-hydrogen) atoms. The highest BCUT2D eigenvalue weighted by Gasteiger charge is 2.19. The van der Waals surface area contributed by atoms with Gasteiger partial charge in [-0.25, -0.2) is 0 Å². The Morgan fingerprint density at radius 2 is 1.04 bits per heavy atom. The second-order valence-electron chi connectivity index (χ2n) is 11.5. The molecule has 1 heterocycles. The largest absolute Gasteiger partial charge is 0.455 e. The van der Waals surface area contributed by atoms with Crippen molar-refractivity contribution in [1.29, 1.82) is 0 Å². The maximum absolute atomic E-state index is 9.69. The van der Waals surface area contributed by atoms with E-state index < -0.39 is 147 Å². The van der Waals surface area contributed by atoms with Crippen LogP contribution in [0.5, 0.6) is 0 Å². The molecule has 0 aliphatic heterocycles. The Kier molecular flexibility index (Phi) is 3.62. The van der Waals surface area contributed by atoms with Gasteiger partial charge in [0.25, 0.3) is 0 Å². The molecule has 10 aromatic rings. The van der Waals surface area contributed by atoms with E-state index in [1.165, 1.54) is 0 Å². The highest BCUT2D eigenvalue weighted by atomic mass is 16.3. The Hall–Kier alpha value is -6.64. The first-order valence-corrected chi connectivity index (χ1v) is 15.6. The molecule has 234 valence electrons. The van der Waals surface area contributed by atoms with Crippen molar-refractivity contribution in [1.82, 2.24) is 0 Å². The summed E-state index contributed by atoms with van der Waals surface area (Å²) in [5.74, 6) is 0. The van der Waals surface area contributed by atoms with Crippen LogP contribution in [-0.4, -0.2) is 0 Å². The van der Waals surface area contributed by atoms with Crippen molar-refractivity contribution >= 4 is 71.3 Å². The summed E-state index contributed by atoms with van der Waals surface area (Å²) in [4.78, 5) is 0.628. The van der Waals surface area contributed by atoms with Gasteiger partial charge in [-0.05, 0) is 97.6 Å². The molecule has 10 rings (SSSR count). The zero-order valence-electron chi connectivity index (χ0n) is 43.9. The molecule has 2 heteroatoms. The van der Waals surface area contributed by atoms with Crippen molar-refractivity contribution in [2.75, 3.05) is 4.90 Å². The fourth-order valence-corrected chi connectivity index (χ4v) is 6.37. The lowest BCUT2D eigenvalue weighted by Gasteiger charge is -2.26. The Bertz CT molecular complexity index is 3760. The van der Waals surface area contributed by atoms with Gasteiger partial charge in [0, 0.05) is 33.2 Å². The molecule has 2 nitrogen and oxygen atoms in total. The quantitative estimate of drug-likeness (QED) is 0.183. The predicted octanol–water partition coefficient (Wildman–Crippen LogP) is 13.8. The number of rotatable bonds is 5. The van der Waals surface area contributed by atoms with Crippen molar-refractivity contribution in [2.45, 2.75) is 0 Å². The molecule has 0 amide bonds. The summed E-state index contributed by atoms with van der Waals surface area (Å²) < 4.78 is 169. The lowest BCUT2D eigenvalue weighted by atomic mass is 9.93. The van der Waals surface area contributed by atoms with Gasteiger partial charge >= 0.3 is 0 Å². The van der Waals surface area contributed by atoms with Gasteiger partial charge < -0.3 is 9.32 Å². The Morgan fingerprint density at radius 1 is 0.440 bits per heavy atom. The molecule has 0 spiro atoms. The minimum atomic E-state index is -0.954. The summed E-state index contributed by atoms with van der Waals surface area (Å²) in [6, 6.07) is 9.44. The third-order valence-electron chi connectivity index (χ3n) is 8.61. The molecule has 0 fully saturated rings. The van der Waals surface area contributed by atoms with Gasteiger partial charge in [0.1, 0.15) is 11.2 Å². The third kappa shape index (κ3) is 4.65. The van der Waals surface area contributed by atoms with E-state index in [1.807, 2.05) is 60.7 Å². The van der Waals surface area contributed by atoms with Gasteiger partial charge in [-0.2, -0.15) is 0 Å². The Balaban J connectivity index is 1.34. The first kappa shape index (κ1) is 15.7. The molecule has 0 unspecified atom stereocenters. The summed E-state index contributed by atoms with van der Waals surface area (Å²) in [6.45, 7) is 0. The molecule has 0 bridgehead atoms. The fraction of sp³-hybridized carbons (Fsp3) is 0. The van der Waals surface area contributed by atoms with Gasteiger partial charge in [-0.1, -0.05) is 139 Å². The van der Waals surface area contributed by atoms with Crippen molar-refractivity contribution in [3.8, 4) is 22.3 Å². The van der Waals surface area contributed by atoms with Crippen LogP contribution in [0.2, 0.25) is 0 Å². The van der Waals surface area contributed by atoms with E-state index in [2.05, 4.69) is 0 Å². The number of nitrogens with zero attached hydrogens (tertiary/aromatic N) is 1. The predicted molar refractivity (Wildman–Crippen MR) is 212 cm³/mol. The van der Waals surface area contributed by atoms with E-state index >= 15 is 0 Å². The zero-order chi connectivity index (χ0) is 48.7. The standard InChI is InChI=1S/C48H31NO/c1-2-13-34(14-3-1)44-31-45-47-41(19-10-20-46(47)50-48(45)43-18-9-8-17-42(43)44)35-23-25-38(26-24-35)49(39-27-21-32-11-4-6-15-36(32)29-39)40-28-22-33-12-5-7-16-37(33)30-40/h1-31H/i4D,5D,6D,7D,11D,12D,15D,16D,21D,22D,23D,24D,25D,26D,27D,28D,29D,30D. The lowest BCUT2D eigenvalue weighted by molar-refractivity contribution is 0.673. The molecule has 0 N–H and O–H groups in total. The smallest absolute Gasteiger partial charge is 0.143 e. The number of hydrogen-bond acceptors (Lipinski definition) is 2. The third-order valence-corrected chi connectivity index (χ3v) is 8.61. The fourth-order valence-electron chi connectivity index (χ4n) is 6.37. The van der Waals surface area contributed by atoms with Crippen molar-refractivity contribution < 1.29 is 29.1 Å². The summed E-state index contributed by atoms with van der Waals surface area (Å²) in [7, 11) is 0. The summed E-state index contributed by atoms with van der Waals surface area (Å²) in [6.07, 6.45) is 0. The molecule has 0 radical (unpaired) electrons. The molecule has 0 atom stereocenters. The van der Waals surface area contributed by atoms with Crippen LogP contribution in [0.25, 0.3) is 76.5 Å². The van der Waals surface area contributed by atoms with E-state index in [9.17, 15) is 11.0 Å². The second kappa shape index (κ2) is 11.5. The zero-order valence-corrected chi connectivity index (χ0v) is 25.9. The summed E-state index contributed by atoms with van der Waals surface area (Å²) in [5.41, 5.74) is 0.164. The van der Waals surface area contributed by atoms with Gasteiger partial charge in [-0.15, -0.1) is 0 Å². The van der Waals surface area contributed by atoms with E-state index in [1.54, 1.807) is 18.2 Å². The number of fused-ring (bicyclic) bond motifs is 7. The molecule has 9 aromatic carbocycles.